The minimum Gasteiger partial charge on any atom is -0.350 e. The van der Waals surface area contributed by atoms with Gasteiger partial charge in [0, 0.05) is 27.8 Å². The lowest BCUT2D eigenvalue weighted by atomic mass is 9.88. The van der Waals surface area contributed by atoms with E-state index in [0.29, 0.717) is 31.6 Å². The smallest absolute Gasteiger partial charge is 0.160 e. The average Bonchev–Trinajstić information content (AvgIpc) is 2.99. The van der Waals surface area contributed by atoms with E-state index in [9.17, 15) is 0 Å². The van der Waals surface area contributed by atoms with E-state index in [0.717, 1.165) is 36.5 Å². The Morgan fingerprint density at radius 2 is 2.05 bits per heavy atom. The molecule has 0 aromatic rings. The molecule has 0 bridgehead atoms. The number of halogens is 1. The van der Waals surface area contributed by atoms with Gasteiger partial charge in [-0.1, -0.05) is 41.0 Å². The number of ether oxygens (including phenoxy) is 2. The van der Waals surface area contributed by atoms with Crippen molar-refractivity contribution in [1.82, 2.24) is 0 Å². The highest BCUT2D eigenvalue weighted by atomic mass is 127. The molecule has 1 rings (SSSR count). The number of nitrogens with two attached hydrogens (primary N) is 1. The van der Waals surface area contributed by atoms with Crippen LogP contribution in [0.2, 0.25) is 0 Å². The van der Waals surface area contributed by atoms with Gasteiger partial charge in [0.15, 0.2) is 6.29 Å². The Hall–Kier alpha value is -0.0800. The van der Waals surface area contributed by atoms with Crippen LogP contribution in [-0.2, 0) is 9.47 Å². The molecular weight excluding hydrogens is 383 g/mol. The summed E-state index contributed by atoms with van der Waals surface area (Å²) in [6.07, 6.45) is 5.08. The lowest BCUT2D eigenvalue weighted by Crippen LogP contribution is -2.28. The molecule has 1 fully saturated rings. The van der Waals surface area contributed by atoms with Gasteiger partial charge in [0.2, 0.25) is 0 Å². The molecule has 21 heavy (non-hydrogen) atoms. The minimum atomic E-state index is -0.0669. The third-order valence-corrected chi connectivity index (χ3v) is 4.92. The van der Waals surface area contributed by atoms with E-state index in [1.54, 1.807) is 0 Å². The van der Waals surface area contributed by atoms with Gasteiger partial charge in [0.25, 0.3) is 0 Å². The van der Waals surface area contributed by atoms with Crippen molar-refractivity contribution in [2.24, 2.45) is 22.7 Å². The Kier molecular flexibility index (Phi) is 10.4. The number of unbranched alkanes of at least 4 members (excludes halogenated alkanes) is 1. The van der Waals surface area contributed by atoms with E-state index >= 15 is 0 Å². The highest BCUT2D eigenvalue weighted by Gasteiger charge is 2.28. The molecule has 0 aromatic carbocycles. The predicted molar refractivity (Wildman–Crippen MR) is 92.3 cm³/mol. The molecule has 2 N–H and O–H groups in total. The lowest BCUT2D eigenvalue weighted by molar-refractivity contribution is -0.0915. The molecule has 0 aromatic heterocycles. The van der Waals surface area contributed by atoms with Crippen LogP contribution in [0.4, 0.5) is 0 Å². The lowest BCUT2D eigenvalue weighted by Gasteiger charge is -2.26. The van der Waals surface area contributed by atoms with E-state index in [-0.39, 0.29) is 12.3 Å². The van der Waals surface area contributed by atoms with Gasteiger partial charge in [0.05, 0.1) is 13.2 Å². The summed E-state index contributed by atoms with van der Waals surface area (Å²) in [4.78, 5) is 2.78. The first-order chi connectivity index (χ1) is 10.2. The van der Waals surface area contributed by atoms with Crippen LogP contribution < -0.4 is 5.73 Å². The SMILES string of the molecule is C[C@@H](C[C@@H](N)CI)C[C@@H](CCCCN=[N+]=[N-])C1OCCO1. The molecule has 0 spiro atoms. The highest BCUT2D eigenvalue weighted by molar-refractivity contribution is 14.1. The van der Waals surface area contributed by atoms with Crippen LogP contribution in [0.15, 0.2) is 5.11 Å². The van der Waals surface area contributed by atoms with Gasteiger partial charge in [-0.25, -0.2) is 0 Å². The van der Waals surface area contributed by atoms with Gasteiger partial charge < -0.3 is 15.2 Å². The maximum Gasteiger partial charge on any atom is 0.160 e. The monoisotopic (exact) mass is 410 g/mol. The van der Waals surface area contributed by atoms with Crippen LogP contribution in [-0.4, -0.2) is 36.5 Å². The zero-order valence-corrected chi connectivity index (χ0v) is 14.9. The van der Waals surface area contributed by atoms with Gasteiger partial charge in [-0.2, -0.15) is 0 Å². The van der Waals surface area contributed by atoms with E-state index in [1.165, 1.54) is 0 Å². The first kappa shape index (κ1) is 19.0. The van der Waals surface area contributed by atoms with Gasteiger partial charge in [-0.05, 0) is 37.1 Å². The normalized spacial score (nSPS) is 20.0. The number of hydrogen-bond donors (Lipinski definition) is 1. The highest BCUT2D eigenvalue weighted by Crippen LogP contribution is 2.28. The van der Waals surface area contributed by atoms with Gasteiger partial charge >= 0.3 is 0 Å². The average molecular weight is 410 g/mol. The summed E-state index contributed by atoms with van der Waals surface area (Å²) in [5, 5.41) is 3.58. The van der Waals surface area contributed by atoms with Crippen molar-refractivity contribution in [3.63, 3.8) is 0 Å². The summed E-state index contributed by atoms with van der Waals surface area (Å²) in [6, 6.07) is 0.275. The predicted octanol–water partition coefficient (Wildman–Crippen LogP) is 3.63. The molecule has 1 aliphatic rings. The van der Waals surface area contributed by atoms with Gasteiger partial charge in [0.1, 0.15) is 0 Å². The van der Waals surface area contributed by atoms with Crippen molar-refractivity contribution in [3.8, 4) is 0 Å². The number of azide groups is 1. The Balaban J connectivity index is 2.38. The van der Waals surface area contributed by atoms with Crippen molar-refractivity contribution in [2.75, 3.05) is 24.2 Å². The van der Waals surface area contributed by atoms with Crippen molar-refractivity contribution >= 4 is 22.6 Å². The third kappa shape index (κ3) is 8.21. The second kappa shape index (κ2) is 11.5. The largest absolute Gasteiger partial charge is 0.350 e. The second-order valence-corrected chi connectivity index (χ2v) is 6.69. The molecule has 0 saturated carbocycles. The number of hydrogen-bond acceptors (Lipinski definition) is 4. The molecule has 3 atom stereocenters. The van der Waals surface area contributed by atoms with Crippen molar-refractivity contribution < 1.29 is 9.47 Å². The molecule has 1 saturated heterocycles. The van der Waals surface area contributed by atoms with Crippen LogP contribution in [0.25, 0.3) is 10.4 Å². The third-order valence-electron chi connectivity index (χ3n) is 3.79. The summed E-state index contributed by atoms with van der Waals surface area (Å²) in [5.41, 5.74) is 14.3. The Bertz CT molecular complexity index is 320. The number of nitrogens with zero attached hydrogens (tertiary/aromatic N) is 3. The Morgan fingerprint density at radius 3 is 2.67 bits per heavy atom. The van der Waals surface area contributed by atoms with E-state index < -0.39 is 0 Å². The summed E-state index contributed by atoms with van der Waals surface area (Å²) >= 11 is 2.34. The molecule has 1 aliphatic heterocycles. The maximum atomic E-state index is 8.28. The number of rotatable bonds is 11. The maximum absolute atomic E-state index is 8.28. The first-order valence-corrected chi connectivity index (χ1v) is 9.25. The molecule has 0 unspecified atom stereocenters. The van der Waals surface area contributed by atoms with E-state index in [2.05, 4.69) is 39.5 Å². The fourth-order valence-electron chi connectivity index (χ4n) is 2.84. The van der Waals surface area contributed by atoms with Crippen molar-refractivity contribution in [2.45, 2.75) is 51.4 Å². The fourth-order valence-corrected chi connectivity index (χ4v) is 3.20. The topological polar surface area (TPSA) is 93.2 Å². The van der Waals surface area contributed by atoms with Gasteiger partial charge in [-0.15, -0.1) is 0 Å². The summed E-state index contributed by atoms with van der Waals surface area (Å²) < 4.78 is 12.4. The molecule has 0 aliphatic carbocycles. The molecule has 6 nitrogen and oxygen atoms in total. The molecular formula is C14H27IN4O2. The zero-order valence-electron chi connectivity index (χ0n) is 12.8. The van der Waals surface area contributed by atoms with Crippen LogP contribution in [0, 0.1) is 11.8 Å². The van der Waals surface area contributed by atoms with Crippen LogP contribution in [0.1, 0.15) is 39.0 Å². The number of alkyl halides is 1. The van der Waals surface area contributed by atoms with E-state index in [1.807, 2.05) is 0 Å². The van der Waals surface area contributed by atoms with Crippen molar-refractivity contribution in [1.29, 1.82) is 0 Å². The van der Waals surface area contributed by atoms with Crippen LogP contribution >= 0.6 is 22.6 Å². The standard InChI is InChI=1S/C14H27IN4O2/c1-11(9-13(16)10-15)8-12(14-20-6-7-21-14)4-2-3-5-18-19-17/h11-14H,2-10,16H2,1H3/t11-,12-,13-/m1/s1. The zero-order chi connectivity index (χ0) is 15.5. The quantitative estimate of drug-likeness (QED) is 0.141. The Morgan fingerprint density at radius 1 is 1.33 bits per heavy atom. The minimum absolute atomic E-state index is 0.0669. The second-order valence-electron chi connectivity index (χ2n) is 5.81. The first-order valence-electron chi connectivity index (χ1n) is 7.73. The van der Waals surface area contributed by atoms with Crippen LogP contribution in [0.3, 0.4) is 0 Å². The van der Waals surface area contributed by atoms with E-state index in [4.69, 9.17) is 20.7 Å². The molecule has 1 heterocycles. The summed E-state index contributed by atoms with van der Waals surface area (Å²) in [5.74, 6) is 0.986. The Labute approximate surface area is 140 Å². The molecule has 0 amide bonds. The summed E-state index contributed by atoms with van der Waals surface area (Å²) in [6.45, 7) is 4.22. The summed E-state index contributed by atoms with van der Waals surface area (Å²) in [7, 11) is 0. The van der Waals surface area contributed by atoms with Crippen LogP contribution in [0.5, 0.6) is 0 Å². The molecule has 122 valence electrons. The molecule has 7 heteroatoms. The fraction of sp³-hybridized carbons (Fsp3) is 1.00. The van der Waals surface area contributed by atoms with Crippen molar-refractivity contribution in [3.05, 3.63) is 10.4 Å². The molecule has 0 radical (unpaired) electrons. The van der Waals surface area contributed by atoms with Gasteiger partial charge in [-0.3, -0.25) is 0 Å².